The summed E-state index contributed by atoms with van der Waals surface area (Å²) in [5.74, 6) is 0.831. The Morgan fingerprint density at radius 2 is 2.06 bits per heavy atom. The summed E-state index contributed by atoms with van der Waals surface area (Å²) in [5, 5.41) is 0. The highest BCUT2D eigenvalue weighted by atomic mass is 79.9. The van der Waals surface area contributed by atoms with Gasteiger partial charge in [0.15, 0.2) is 0 Å². The Bertz CT molecular complexity index is 488. The summed E-state index contributed by atoms with van der Waals surface area (Å²) in [5.41, 5.74) is 1.76. The van der Waals surface area contributed by atoms with Gasteiger partial charge in [0.2, 0.25) is 0 Å². The van der Waals surface area contributed by atoms with Crippen LogP contribution in [0.1, 0.15) is 6.92 Å². The van der Waals surface area contributed by atoms with Crippen LogP contribution in [0.4, 0.5) is 0 Å². The number of nitrogens with zero attached hydrogens (tertiary/aromatic N) is 2. The van der Waals surface area contributed by atoms with Crippen molar-refractivity contribution in [1.82, 2.24) is 9.97 Å². The molecule has 0 saturated heterocycles. The molecule has 0 atom stereocenters. The average molecular weight is 279 g/mol. The molecule has 3 nitrogen and oxygen atoms in total. The minimum absolute atomic E-state index is 0.637. The number of hydrogen-bond donors (Lipinski definition) is 0. The van der Waals surface area contributed by atoms with Gasteiger partial charge in [-0.05, 0) is 35.0 Å². The van der Waals surface area contributed by atoms with E-state index in [4.69, 9.17) is 4.74 Å². The van der Waals surface area contributed by atoms with Crippen LogP contribution in [0, 0.1) is 0 Å². The highest BCUT2D eigenvalue weighted by Crippen LogP contribution is 2.28. The zero-order valence-corrected chi connectivity index (χ0v) is 10.4. The number of para-hydroxylation sites is 1. The van der Waals surface area contributed by atoms with E-state index in [-0.39, 0.29) is 0 Å². The van der Waals surface area contributed by atoms with Crippen LogP contribution in [0.3, 0.4) is 0 Å². The second-order valence-corrected chi connectivity index (χ2v) is 3.97. The van der Waals surface area contributed by atoms with Crippen molar-refractivity contribution in [1.29, 1.82) is 0 Å². The zero-order chi connectivity index (χ0) is 11.4. The van der Waals surface area contributed by atoms with Crippen LogP contribution in [0.5, 0.6) is 5.75 Å². The van der Waals surface area contributed by atoms with E-state index < -0.39 is 0 Å². The molecule has 1 aromatic carbocycles. The van der Waals surface area contributed by atoms with Gasteiger partial charge in [-0.3, -0.25) is 4.98 Å². The molecule has 2 aromatic rings. The molecule has 0 amide bonds. The molecule has 0 aliphatic heterocycles. The van der Waals surface area contributed by atoms with Crippen LogP contribution in [0.15, 0.2) is 41.3 Å². The number of hydrogen-bond acceptors (Lipinski definition) is 3. The summed E-state index contributed by atoms with van der Waals surface area (Å²) in [7, 11) is 0. The van der Waals surface area contributed by atoms with Gasteiger partial charge in [-0.25, -0.2) is 4.98 Å². The van der Waals surface area contributed by atoms with Crippen LogP contribution in [-0.2, 0) is 0 Å². The molecule has 1 aromatic heterocycles. The highest BCUT2D eigenvalue weighted by Gasteiger charge is 2.07. The molecule has 2 rings (SSSR count). The van der Waals surface area contributed by atoms with Crippen LogP contribution in [0.25, 0.3) is 11.3 Å². The fourth-order valence-electron chi connectivity index (χ4n) is 1.43. The summed E-state index contributed by atoms with van der Waals surface area (Å²) in [6.07, 6.45) is 3.38. The van der Waals surface area contributed by atoms with Crippen molar-refractivity contribution in [2.45, 2.75) is 6.92 Å². The summed E-state index contributed by atoms with van der Waals surface area (Å²) in [4.78, 5) is 8.46. The second-order valence-electron chi connectivity index (χ2n) is 3.16. The fraction of sp³-hybridized carbons (Fsp3) is 0.167. The Kier molecular flexibility index (Phi) is 3.51. The van der Waals surface area contributed by atoms with E-state index in [1.807, 2.05) is 31.2 Å². The first-order valence-electron chi connectivity index (χ1n) is 5.01. The molecule has 0 spiro atoms. The number of aromatic nitrogens is 2. The molecule has 16 heavy (non-hydrogen) atoms. The van der Waals surface area contributed by atoms with Crippen molar-refractivity contribution in [2.75, 3.05) is 6.61 Å². The Hall–Kier alpha value is -1.42. The smallest absolute Gasteiger partial charge is 0.128 e. The first kappa shape index (κ1) is 11.1. The zero-order valence-electron chi connectivity index (χ0n) is 8.85. The Balaban J connectivity index is 2.46. The Labute approximate surface area is 103 Å². The molecule has 0 unspecified atom stereocenters. The fourth-order valence-corrected chi connectivity index (χ4v) is 1.74. The van der Waals surface area contributed by atoms with Crippen molar-refractivity contribution in [3.63, 3.8) is 0 Å². The largest absolute Gasteiger partial charge is 0.493 e. The first-order chi connectivity index (χ1) is 7.81. The van der Waals surface area contributed by atoms with Crippen molar-refractivity contribution in [2.24, 2.45) is 0 Å². The lowest BCUT2D eigenvalue weighted by Crippen LogP contribution is -1.95. The van der Waals surface area contributed by atoms with E-state index >= 15 is 0 Å². The molecule has 0 aliphatic carbocycles. The summed E-state index contributed by atoms with van der Waals surface area (Å²) < 4.78 is 6.27. The normalized spacial score (nSPS) is 10.1. The van der Waals surface area contributed by atoms with Crippen LogP contribution in [0.2, 0.25) is 0 Å². The van der Waals surface area contributed by atoms with Gasteiger partial charge in [0, 0.05) is 5.56 Å². The van der Waals surface area contributed by atoms with Crippen LogP contribution >= 0.6 is 15.9 Å². The summed E-state index contributed by atoms with van der Waals surface area (Å²) in [6.45, 7) is 2.60. The number of halogens is 1. The Morgan fingerprint density at radius 1 is 1.25 bits per heavy atom. The molecular weight excluding hydrogens is 268 g/mol. The van der Waals surface area contributed by atoms with Gasteiger partial charge < -0.3 is 4.74 Å². The average Bonchev–Trinajstić information content (AvgIpc) is 2.30. The maximum absolute atomic E-state index is 5.55. The molecule has 0 radical (unpaired) electrons. The summed E-state index contributed by atoms with van der Waals surface area (Å²) >= 11 is 3.31. The lowest BCUT2D eigenvalue weighted by Gasteiger charge is -2.08. The third kappa shape index (κ3) is 2.39. The minimum Gasteiger partial charge on any atom is -0.493 e. The predicted octanol–water partition coefficient (Wildman–Crippen LogP) is 3.30. The minimum atomic E-state index is 0.637. The van der Waals surface area contributed by atoms with E-state index in [2.05, 4.69) is 25.9 Å². The maximum Gasteiger partial charge on any atom is 0.128 e. The van der Waals surface area contributed by atoms with Gasteiger partial charge >= 0.3 is 0 Å². The third-order valence-corrected chi connectivity index (χ3v) is 2.45. The molecule has 0 fully saturated rings. The van der Waals surface area contributed by atoms with Crippen molar-refractivity contribution < 1.29 is 4.74 Å². The second kappa shape index (κ2) is 5.07. The molecule has 0 aliphatic rings. The molecule has 0 N–H and O–H groups in total. The van der Waals surface area contributed by atoms with E-state index in [0.717, 1.165) is 21.6 Å². The Morgan fingerprint density at radius 3 is 2.81 bits per heavy atom. The molecule has 0 bridgehead atoms. The van der Waals surface area contributed by atoms with E-state index in [0.29, 0.717) is 6.61 Å². The van der Waals surface area contributed by atoms with Crippen LogP contribution < -0.4 is 4.74 Å². The number of ether oxygens (including phenoxy) is 1. The lowest BCUT2D eigenvalue weighted by molar-refractivity contribution is 0.341. The predicted molar refractivity (Wildman–Crippen MR) is 66.3 cm³/mol. The van der Waals surface area contributed by atoms with Gasteiger partial charge in [-0.2, -0.15) is 0 Å². The lowest BCUT2D eigenvalue weighted by atomic mass is 10.1. The molecule has 0 saturated carbocycles. The van der Waals surface area contributed by atoms with E-state index in [1.54, 1.807) is 12.4 Å². The van der Waals surface area contributed by atoms with Gasteiger partial charge in [0.05, 0.1) is 24.7 Å². The molecule has 1 heterocycles. The monoisotopic (exact) mass is 278 g/mol. The highest BCUT2D eigenvalue weighted by molar-refractivity contribution is 9.10. The van der Waals surface area contributed by atoms with Gasteiger partial charge in [-0.15, -0.1) is 0 Å². The number of rotatable bonds is 3. The standard InChI is InChI=1S/C12H11BrN2O/c1-2-16-11-6-4-3-5-9(11)10-7-14-8-12(13)15-10/h3-8H,2H2,1H3. The SMILES string of the molecule is CCOc1ccccc1-c1cncc(Br)n1. The summed E-state index contributed by atoms with van der Waals surface area (Å²) in [6, 6.07) is 7.81. The molecule has 4 heteroatoms. The van der Waals surface area contributed by atoms with Crippen molar-refractivity contribution in [3.8, 4) is 17.0 Å². The molecule has 82 valence electrons. The topological polar surface area (TPSA) is 35.0 Å². The van der Waals surface area contributed by atoms with Crippen LogP contribution in [-0.4, -0.2) is 16.6 Å². The van der Waals surface area contributed by atoms with Crippen molar-refractivity contribution >= 4 is 15.9 Å². The van der Waals surface area contributed by atoms with E-state index in [1.165, 1.54) is 0 Å². The van der Waals surface area contributed by atoms with Gasteiger partial charge in [0.1, 0.15) is 10.4 Å². The first-order valence-corrected chi connectivity index (χ1v) is 5.80. The maximum atomic E-state index is 5.55. The van der Waals surface area contributed by atoms with Crippen molar-refractivity contribution in [3.05, 3.63) is 41.3 Å². The quantitative estimate of drug-likeness (QED) is 0.864. The third-order valence-electron chi connectivity index (χ3n) is 2.07. The van der Waals surface area contributed by atoms with Gasteiger partial charge in [-0.1, -0.05) is 12.1 Å². The van der Waals surface area contributed by atoms with Gasteiger partial charge in [0.25, 0.3) is 0 Å². The van der Waals surface area contributed by atoms with E-state index in [9.17, 15) is 0 Å². The molecular formula is C12H11BrN2O. The number of benzene rings is 1.